The van der Waals surface area contributed by atoms with Crippen molar-refractivity contribution < 1.29 is 9.59 Å². The first-order valence-electron chi connectivity index (χ1n) is 8.69. The number of piperidine rings is 1. The highest BCUT2D eigenvalue weighted by molar-refractivity contribution is 5.94. The van der Waals surface area contributed by atoms with E-state index in [2.05, 4.69) is 4.98 Å². The lowest BCUT2D eigenvalue weighted by atomic mass is 9.90. The lowest BCUT2D eigenvalue weighted by molar-refractivity contribution is -0.124. The maximum absolute atomic E-state index is 12.6. The van der Waals surface area contributed by atoms with E-state index >= 15 is 0 Å². The number of pyridine rings is 1. The van der Waals surface area contributed by atoms with E-state index in [1.807, 2.05) is 30.3 Å². The van der Waals surface area contributed by atoms with Crippen molar-refractivity contribution in [1.29, 1.82) is 0 Å². The molecule has 1 aromatic heterocycles. The van der Waals surface area contributed by atoms with E-state index in [-0.39, 0.29) is 28.7 Å². The molecule has 1 saturated heterocycles. The van der Waals surface area contributed by atoms with Gasteiger partial charge in [-0.15, -0.1) is 0 Å². The monoisotopic (exact) mass is 338 g/mol. The molecule has 5 nitrogen and oxygen atoms in total. The Labute approximate surface area is 146 Å². The van der Waals surface area contributed by atoms with Crippen LogP contribution in [0.3, 0.4) is 0 Å². The molecule has 1 unspecified atom stereocenters. The molecule has 1 N–H and O–H groups in total. The number of Topliss-reactive ketones (excluding diaryl/α,β-unsaturated/α-hetero) is 1. The fourth-order valence-corrected chi connectivity index (χ4v) is 3.30. The fourth-order valence-electron chi connectivity index (χ4n) is 3.30. The number of hydrogen-bond donors (Lipinski definition) is 1. The quantitative estimate of drug-likeness (QED) is 0.910. The van der Waals surface area contributed by atoms with Crippen LogP contribution in [-0.4, -0.2) is 34.7 Å². The van der Waals surface area contributed by atoms with E-state index in [1.54, 1.807) is 11.0 Å². The number of amides is 1. The Bertz CT molecular complexity index is 798. The smallest absolute Gasteiger partial charge is 0.260 e. The Morgan fingerprint density at radius 2 is 1.92 bits per heavy atom. The summed E-state index contributed by atoms with van der Waals surface area (Å²) in [5.74, 6) is -0.227. The molecule has 5 heteroatoms. The minimum atomic E-state index is -0.384. The van der Waals surface area contributed by atoms with Crippen molar-refractivity contribution in [3.8, 4) is 0 Å². The highest BCUT2D eigenvalue weighted by Crippen LogP contribution is 2.20. The topological polar surface area (TPSA) is 70.2 Å². The van der Waals surface area contributed by atoms with E-state index in [4.69, 9.17) is 0 Å². The van der Waals surface area contributed by atoms with Gasteiger partial charge in [-0.3, -0.25) is 14.4 Å². The molecule has 130 valence electrons. The molecule has 2 heterocycles. The van der Waals surface area contributed by atoms with Crippen molar-refractivity contribution in [2.75, 3.05) is 13.1 Å². The van der Waals surface area contributed by atoms with Crippen molar-refractivity contribution in [1.82, 2.24) is 9.88 Å². The van der Waals surface area contributed by atoms with Gasteiger partial charge in [-0.2, -0.15) is 0 Å². The number of carbonyl (C=O) groups is 2. The molecule has 2 aromatic rings. The molecular formula is C20H22N2O3. The van der Waals surface area contributed by atoms with Crippen LogP contribution in [0.2, 0.25) is 0 Å². The number of likely N-dealkylation sites (tertiary alicyclic amines) is 1. The Kier molecular flexibility index (Phi) is 5.43. The molecule has 3 rings (SSSR count). The zero-order valence-electron chi connectivity index (χ0n) is 14.1. The summed E-state index contributed by atoms with van der Waals surface area (Å²) in [7, 11) is 0. The molecule has 1 fully saturated rings. The van der Waals surface area contributed by atoms with Gasteiger partial charge in [0.1, 0.15) is 11.3 Å². The summed E-state index contributed by atoms with van der Waals surface area (Å²) in [6, 6.07) is 13.1. The standard InChI is InChI=1S/C20H22N2O3/c23-18(11-10-15-6-2-1-3-7-15)16-8-5-13-22(14-16)20(25)17-9-4-12-21-19(17)24/h1-4,6-7,9,12,16H,5,8,10-11,13-14H2,(H,21,24). The lowest BCUT2D eigenvalue weighted by Crippen LogP contribution is -2.43. The summed E-state index contributed by atoms with van der Waals surface area (Å²) in [6.45, 7) is 0.996. The number of benzene rings is 1. The zero-order valence-corrected chi connectivity index (χ0v) is 14.1. The minimum Gasteiger partial charge on any atom is -0.338 e. The van der Waals surface area contributed by atoms with Gasteiger partial charge in [0.25, 0.3) is 11.5 Å². The van der Waals surface area contributed by atoms with Crippen molar-refractivity contribution >= 4 is 11.7 Å². The maximum atomic E-state index is 12.6. The largest absolute Gasteiger partial charge is 0.338 e. The van der Waals surface area contributed by atoms with E-state index in [9.17, 15) is 14.4 Å². The van der Waals surface area contributed by atoms with Gasteiger partial charge >= 0.3 is 0 Å². The van der Waals surface area contributed by atoms with Gasteiger partial charge in [0.2, 0.25) is 0 Å². The first-order chi connectivity index (χ1) is 12.1. The summed E-state index contributed by atoms with van der Waals surface area (Å²) in [6.07, 6.45) is 4.32. The van der Waals surface area contributed by atoms with Crippen molar-refractivity contribution in [3.63, 3.8) is 0 Å². The average molecular weight is 338 g/mol. The minimum absolute atomic E-state index is 0.135. The van der Waals surface area contributed by atoms with Gasteiger partial charge in [-0.25, -0.2) is 0 Å². The third-order valence-electron chi connectivity index (χ3n) is 4.72. The normalized spacial score (nSPS) is 17.3. The highest BCUT2D eigenvalue weighted by atomic mass is 16.2. The van der Waals surface area contributed by atoms with Gasteiger partial charge < -0.3 is 9.88 Å². The summed E-state index contributed by atoms with van der Waals surface area (Å²) >= 11 is 0. The molecular weight excluding hydrogens is 316 g/mol. The van der Waals surface area contributed by atoms with Crippen LogP contribution in [0.5, 0.6) is 0 Å². The number of aryl methyl sites for hydroxylation is 1. The number of nitrogens with zero attached hydrogens (tertiary/aromatic N) is 1. The number of hydrogen-bond acceptors (Lipinski definition) is 3. The maximum Gasteiger partial charge on any atom is 0.260 e. The van der Waals surface area contributed by atoms with Crippen LogP contribution in [-0.2, 0) is 11.2 Å². The van der Waals surface area contributed by atoms with Crippen molar-refractivity contribution in [2.45, 2.75) is 25.7 Å². The number of carbonyl (C=O) groups excluding carboxylic acids is 2. The van der Waals surface area contributed by atoms with E-state index in [0.29, 0.717) is 19.5 Å². The van der Waals surface area contributed by atoms with Crippen LogP contribution in [0.15, 0.2) is 53.5 Å². The number of rotatable bonds is 5. The van der Waals surface area contributed by atoms with Crippen LogP contribution >= 0.6 is 0 Å². The number of H-pyrrole nitrogens is 1. The van der Waals surface area contributed by atoms with Crippen LogP contribution < -0.4 is 5.56 Å². The molecule has 0 spiro atoms. The number of aromatic amines is 1. The fraction of sp³-hybridized carbons (Fsp3) is 0.350. The molecule has 1 aliphatic heterocycles. The summed E-state index contributed by atoms with van der Waals surface area (Å²) in [4.78, 5) is 41.1. The first-order valence-corrected chi connectivity index (χ1v) is 8.69. The Hall–Kier alpha value is -2.69. The Morgan fingerprint density at radius 3 is 2.68 bits per heavy atom. The van der Waals surface area contributed by atoms with Gasteiger partial charge in [0.05, 0.1) is 0 Å². The molecule has 0 aliphatic carbocycles. The Morgan fingerprint density at radius 1 is 1.12 bits per heavy atom. The summed E-state index contributed by atoms with van der Waals surface area (Å²) in [5.41, 5.74) is 0.903. The average Bonchev–Trinajstić information content (AvgIpc) is 2.67. The van der Waals surface area contributed by atoms with Crippen LogP contribution in [0.4, 0.5) is 0 Å². The molecule has 0 bridgehead atoms. The molecule has 1 aliphatic rings. The number of aromatic nitrogens is 1. The van der Waals surface area contributed by atoms with Gasteiger partial charge in [0.15, 0.2) is 0 Å². The lowest BCUT2D eigenvalue weighted by Gasteiger charge is -2.32. The molecule has 1 amide bonds. The third kappa shape index (κ3) is 4.24. The van der Waals surface area contributed by atoms with Gasteiger partial charge in [-0.05, 0) is 37.0 Å². The van der Waals surface area contributed by atoms with Crippen molar-refractivity contribution in [2.24, 2.45) is 5.92 Å². The number of nitrogens with one attached hydrogen (secondary N) is 1. The number of ketones is 1. The second-order valence-electron chi connectivity index (χ2n) is 6.46. The zero-order chi connectivity index (χ0) is 17.6. The van der Waals surface area contributed by atoms with Gasteiger partial charge in [-0.1, -0.05) is 30.3 Å². The molecule has 25 heavy (non-hydrogen) atoms. The highest BCUT2D eigenvalue weighted by Gasteiger charge is 2.29. The molecule has 1 atom stereocenters. The third-order valence-corrected chi connectivity index (χ3v) is 4.72. The van der Waals surface area contributed by atoms with Gasteiger partial charge in [0, 0.05) is 31.6 Å². The SMILES string of the molecule is O=C(CCc1ccccc1)C1CCCN(C(=O)c2ccc[nH]c2=O)C1. The summed E-state index contributed by atoms with van der Waals surface area (Å²) in [5, 5.41) is 0. The Balaban J connectivity index is 1.61. The van der Waals surface area contributed by atoms with Crippen LogP contribution in [0.25, 0.3) is 0 Å². The van der Waals surface area contributed by atoms with E-state index < -0.39 is 0 Å². The summed E-state index contributed by atoms with van der Waals surface area (Å²) < 4.78 is 0. The predicted octanol–water partition coefficient (Wildman–Crippen LogP) is 2.43. The second kappa shape index (κ2) is 7.92. The molecule has 0 saturated carbocycles. The first kappa shape index (κ1) is 17.1. The van der Waals surface area contributed by atoms with E-state index in [1.165, 1.54) is 12.3 Å². The molecule has 1 aromatic carbocycles. The van der Waals surface area contributed by atoms with Crippen LogP contribution in [0, 0.1) is 5.92 Å². The predicted molar refractivity (Wildman–Crippen MR) is 95.5 cm³/mol. The molecule has 0 radical (unpaired) electrons. The van der Waals surface area contributed by atoms with E-state index in [0.717, 1.165) is 24.8 Å². The van der Waals surface area contributed by atoms with Crippen LogP contribution in [0.1, 0.15) is 35.2 Å². The van der Waals surface area contributed by atoms with Crippen molar-refractivity contribution in [3.05, 3.63) is 70.1 Å². The second-order valence-corrected chi connectivity index (χ2v) is 6.46.